The van der Waals surface area contributed by atoms with E-state index in [1.807, 2.05) is 26.0 Å². The van der Waals surface area contributed by atoms with Crippen LogP contribution in [0.25, 0.3) is 11.5 Å². The lowest BCUT2D eigenvalue weighted by atomic mass is 9.96. The minimum absolute atomic E-state index is 0.134. The highest BCUT2D eigenvalue weighted by Gasteiger charge is 2.32. The van der Waals surface area contributed by atoms with Crippen LogP contribution in [-0.2, 0) is 11.2 Å². The number of anilines is 3. The molecule has 4 heterocycles. The number of amides is 2. The molecule has 0 bridgehead atoms. The summed E-state index contributed by atoms with van der Waals surface area (Å²) < 4.78 is 11.7. The predicted octanol–water partition coefficient (Wildman–Crippen LogP) is 3.87. The Morgan fingerprint density at radius 2 is 1.97 bits per heavy atom. The average molecular weight is 506 g/mol. The number of aromatic nitrogens is 2. The molecule has 0 unspecified atom stereocenters. The van der Waals surface area contributed by atoms with Gasteiger partial charge in [-0.25, -0.2) is 9.97 Å². The van der Waals surface area contributed by atoms with E-state index in [1.165, 1.54) is 19.4 Å². The zero-order valence-electron chi connectivity index (χ0n) is 21.2. The van der Waals surface area contributed by atoms with Crippen LogP contribution in [0.15, 0.2) is 41.1 Å². The van der Waals surface area contributed by atoms with Gasteiger partial charge in [0.05, 0.1) is 11.4 Å². The first kappa shape index (κ1) is 24.8. The van der Waals surface area contributed by atoms with Gasteiger partial charge in [0.1, 0.15) is 23.4 Å². The van der Waals surface area contributed by atoms with Crippen molar-refractivity contribution in [1.82, 2.24) is 9.97 Å². The fourth-order valence-corrected chi connectivity index (χ4v) is 4.87. The van der Waals surface area contributed by atoms with Crippen molar-refractivity contribution in [3.8, 4) is 17.2 Å². The van der Waals surface area contributed by atoms with E-state index in [1.54, 1.807) is 12.1 Å². The summed E-state index contributed by atoms with van der Waals surface area (Å²) >= 11 is 0. The SMILES string of the molecule is CC(=O)Nc1cc(-c2nc(C(=O)Nc3cc4c(cc3N3CCC(CO)CC3)OC(C)(C)C4)co2)ccn1. The van der Waals surface area contributed by atoms with Gasteiger partial charge in [0, 0.05) is 56.4 Å². The Balaban J connectivity index is 1.39. The van der Waals surface area contributed by atoms with Crippen LogP contribution in [0.4, 0.5) is 17.2 Å². The minimum atomic E-state index is -0.393. The van der Waals surface area contributed by atoms with Crippen LogP contribution in [-0.4, -0.2) is 52.2 Å². The van der Waals surface area contributed by atoms with E-state index in [-0.39, 0.29) is 29.7 Å². The molecule has 5 rings (SSSR count). The van der Waals surface area contributed by atoms with Crippen molar-refractivity contribution in [2.45, 2.75) is 45.6 Å². The number of aliphatic hydroxyl groups is 1. The standard InChI is InChI=1S/C27H31N5O5/c1-16(34)29-24-11-18(4-7-28-24)26-31-21(15-36-26)25(35)30-20-10-19-13-27(2,3)37-23(19)12-22(20)32-8-5-17(14-33)6-9-32/h4,7,10-12,15,17,33H,5-6,8-9,13-14H2,1-3H3,(H,30,35)(H,28,29,34). The number of rotatable bonds is 6. The zero-order valence-corrected chi connectivity index (χ0v) is 21.2. The van der Waals surface area contributed by atoms with E-state index in [0.29, 0.717) is 23.0 Å². The lowest BCUT2D eigenvalue weighted by Crippen LogP contribution is -2.35. The van der Waals surface area contributed by atoms with Crippen molar-refractivity contribution in [3.05, 3.63) is 48.0 Å². The van der Waals surface area contributed by atoms with E-state index in [2.05, 4.69) is 25.5 Å². The molecule has 2 aliphatic rings. The fraction of sp³-hybridized carbons (Fsp3) is 0.407. The Hall–Kier alpha value is -3.92. The summed E-state index contributed by atoms with van der Waals surface area (Å²) in [4.78, 5) is 35.3. The number of hydrogen-bond acceptors (Lipinski definition) is 8. The molecule has 3 aromatic rings. The summed E-state index contributed by atoms with van der Waals surface area (Å²) in [6, 6.07) is 7.31. The molecule has 0 radical (unpaired) electrons. The van der Waals surface area contributed by atoms with E-state index in [9.17, 15) is 14.7 Å². The quantitative estimate of drug-likeness (QED) is 0.460. The van der Waals surface area contributed by atoms with Gasteiger partial charge in [-0.3, -0.25) is 9.59 Å². The predicted molar refractivity (Wildman–Crippen MR) is 139 cm³/mol. The molecule has 0 aliphatic carbocycles. The van der Waals surface area contributed by atoms with Crippen LogP contribution < -0.4 is 20.3 Å². The second kappa shape index (κ2) is 9.85. The number of oxazole rings is 1. The number of carbonyl (C=O) groups excluding carboxylic acids is 2. The van der Waals surface area contributed by atoms with Crippen LogP contribution in [0.1, 0.15) is 49.7 Å². The zero-order chi connectivity index (χ0) is 26.2. The highest BCUT2D eigenvalue weighted by molar-refractivity contribution is 6.05. The Morgan fingerprint density at radius 1 is 1.19 bits per heavy atom. The first-order valence-corrected chi connectivity index (χ1v) is 12.4. The molecule has 2 aromatic heterocycles. The first-order valence-electron chi connectivity index (χ1n) is 12.4. The maximum atomic E-state index is 13.2. The summed E-state index contributed by atoms with van der Waals surface area (Å²) in [5.41, 5.74) is 3.02. The van der Waals surface area contributed by atoms with Crippen molar-refractivity contribution in [2.75, 3.05) is 35.2 Å². The topological polar surface area (TPSA) is 130 Å². The molecule has 0 saturated carbocycles. The smallest absolute Gasteiger partial charge is 0.277 e. The lowest BCUT2D eigenvalue weighted by molar-refractivity contribution is -0.114. The van der Waals surface area contributed by atoms with E-state index in [4.69, 9.17) is 9.15 Å². The van der Waals surface area contributed by atoms with Crippen molar-refractivity contribution in [3.63, 3.8) is 0 Å². The Kier molecular flexibility index (Phi) is 6.59. The number of aliphatic hydroxyl groups excluding tert-OH is 1. The van der Waals surface area contributed by atoms with Gasteiger partial charge in [-0.05, 0) is 50.8 Å². The highest BCUT2D eigenvalue weighted by atomic mass is 16.5. The summed E-state index contributed by atoms with van der Waals surface area (Å²) in [6.07, 6.45) is 5.35. The number of nitrogens with one attached hydrogen (secondary N) is 2. The summed E-state index contributed by atoms with van der Waals surface area (Å²) in [6.45, 7) is 7.25. The molecule has 1 saturated heterocycles. The van der Waals surface area contributed by atoms with Crippen LogP contribution in [0, 0.1) is 5.92 Å². The van der Waals surface area contributed by atoms with Crippen molar-refractivity contribution in [2.24, 2.45) is 5.92 Å². The number of benzene rings is 1. The second-order valence-corrected chi connectivity index (χ2v) is 10.2. The number of carbonyl (C=O) groups is 2. The molecule has 10 heteroatoms. The van der Waals surface area contributed by atoms with Crippen LogP contribution in [0.3, 0.4) is 0 Å². The number of piperidine rings is 1. The first-order chi connectivity index (χ1) is 17.7. The average Bonchev–Trinajstić information content (AvgIpc) is 3.47. The third-order valence-corrected chi connectivity index (χ3v) is 6.69. The summed E-state index contributed by atoms with van der Waals surface area (Å²) in [5.74, 6) is 1.11. The molecule has 1 aromatic carbocycles. The largest absolute Gasteiger partial charge is 0.487 e. The number of pyridine rings is 1. The molecule has 0 spiro atoms. The van der Waals surface area contributed by atoms with E-state index in [0.717, 1.165) is 49.4 Å². The normalized spacial score (nSPS) is 16.7. The molecule has 3 N–H and O–H groups in total. The van der Waals surface area contributed by atoms with Gasteiger partial charge in [0.25, 0.3) is 5.91 Å². The summed E-state index contributed by atoms with van der Waals surface area (Å²) in [5, 5.41) is 15.2. The van der Waals surface area contributed by atoms with Gasteiger partial charge in [-0.1, -0.05) is 0 Å². The van der Waals surface area contributed by atoms with E-state index < -0.39 is 5.91 Å². The third-order valence-electron chi connectivity index (χ3n) is 6.69. The highest BCUT2D eigenvalue weighted by Crippen LogP contribution is 2.42. The molecule has 37 heavy (non-hydrogen) atoms. The van der Waals surface area contributed by atoms with Gasteiger partial charge in [-0.2, -0.15) is 0 Å². The van der Waals surface area contributed by atoms with Crippen LogP contribution >= 0.6 is 0 Å². The molecule has 0 atom stereocenters. The molecule has 1 fully saturated rings. The molecule has 2 aliphatic heterocycles. The van der Waals surface area contributed by atoms with E-state index >= 15 is 0 Å². The van der Waals surface area contributed by atoms with Gasteiger partial charge in [0.15, 0.2) is 5.69 Å². The Morgan fingerprint density at radius 3 is 2.70 bits per heavy atom. The minimum Gasteiger partial charge on any atom is -0.487 e. The van der Waals surface area contributed by atoms with Crippen LogP contribution in [0.5, 0.6) is 5.75 Å². The maximum Gasteiger partial charge on any atom is 0.277 e. The van der Waals surface area contributed by atoms with Crippen molar-refractivity contribution < 1.29 is 23.8 Å². The van der Waals surface area contributed by atoms with Crippen molar-refractivity contribution in [1.29, 1.82) is 0 Å². The monoisotopic (exact) mass is 505 g/mol. The van der Waals surface area contributed by atoms with Gasteiger partial charge < -0.3 is 29.8 Å². The van der Waals surface area contributed by atoms with Gasteiger partial charge >= 0.3 is 0 Å². The number of hydrogen-bond donors (Lipinski definition) is 3. The maximum absolute atomic E-state index is 13.2. The molecular formula is C27H31N5O5. The number of nitrogens with zero attached hydrogens (tertiary/aromatic N) is 3. The molecule has 2 amide bonds. The lowest BCUT2D eigenvalue weighted by Gasteiger charge is -2.34. The number of ether oxygens (including phenoxy) is 1. The van der Waals surface area contributed by atoms with Gasteiger partial charge in [0.2, 0.25) is 11.8 Å². The van der Waals surface area contributed by atoms with Gasteiger partial charge in [-0.15, -0.1) is 0 Å². The van der Waals surface area contributed by atoms with Crippen LogP contribution in [0.2, 0.25) is 0 Å². The molecule has 10 nitrogen and oxygen atoms in total. The molecule has 194 valence electrons. The number of fused-ring (bicyclic) bond motifs is 1. The summed E-state index contributed by atoms with van der Waals surface area (Å²) in [7, 11) is 0. The Bertz CT molecular complexity index is 1330. The fourth-order valence-electron chi connectivity index (χ4n) is 4.87. The van der Waals surface area contributed by atoms with Crippen molar-refractivity contribution >= 4 is 29.0 Å². The second-order valence-electron chi connectivity index (χ2n) is 10.2. The Labute approximate surface area is 215 Å². The third kappa shape index (κ3) is 5.43. The molecular weight excluding hydrogens is 474 g/mol.